The molecule has 1 atom stereocenters. The largest absolute Gasteiger partial charge is 0.352 e. The molecule has 0 spiro atoms. The summed E-state index contributed by atoms with van der Waals surface area (Å²) in [7, 11) is 0. The lowest BCUT2D eigenvalue weighted by atomic mass is 10.1. The Hall–Kier alpha value is -1.36. The molecule has 0 aliphatic heterocycles. The Morgan fingerprint density at radius 1 is 1.44 bits per heavy atom. The second kappa shape index (κ2) is 7.16. The average molecular weight is 252 g/mol. The van der Waals surface area contributed by atoms with Crippen LogP contribution in [0.15, 0.2) is 12.4 Å². The summed E-state index contributed by atoms with van der Waals surface area (Å²) < 4.78 is 1.88. The molecule has 0 fully saturated rings. The molecule has 5 heteroatoms. The van der Waals surface area contributed by atoms with Gasteiger partial charge in [-0.25, -0.2) is 4.98 Å². The van der Waals surface area contributed by atoms with E-state index in [2.05, 4.69) is 29.5 Å². The number of aromatic nitrogens is 2. The van der Waals surface area contributed by atoms with Crippen LogP contribution in [0, 0.1) is 5.92 Å². The predicted octanol–water partition coefficient (Wildman–Crippen LogP) is 1.15. The van der Waals surface area contributed by atoms with Gasteiger partial charge in [0.15, 0.2) is 0 Å². The van der Waals surface area contributed by atoms with Gasteiger partial charge < -0.3 is 15.2 Å². The number of amides is 1. The minimum atomic E-state index is 0.0342. The quantitative estimate of drug-likeness (QED) is 0.765. The van der Waals surface area contributed by atoms with E-state index in [9.17, 15) is 4.79 Å². The first-order valence-electron chi connectivity index (χ1n) is 6.54. The van der Waals surface area contributed by atoms with E-state index in [0.29, 0.717) is 19.0 Å². The normalized spacial score (nSPS) is 12.7. The Bertz CT molecular complexity index is 373. The fraction of sp³-hybridized carbons (Fsp3) is 0.692. The van der Waals surface area contributed by atoms with Crippen molar-refractivity contribution in [2.24, 2.45) is 5.92 Å². The van der Waals surface area contributed by atoms with Gasteiger partial charge in [0.2, 0.25) is 5.91 Å². The van der Waals surface area contributed by atoms with Crippen molar-refractivity contribution < 1.29 is 4.79 Å². The molecule has 1 aromatic heterocycles. The minimum absolute atomic E-state index is 0.0342. The number of carbonyl (C=O) groups excluding carboxylic acids is 1. The minimum Gasteiger partial charge on any atom is -0.352 e. The van der Waals surface area contributed by atoms with Gasteiger partial charge >= 0.3 is 0 Å². The molecule has 0 aliphatic rings. The van der Waals surface area contributed by atoms with Crippen molar-refractivity contribution in [1.29, 1.82) is 0 Å². The fourth-order valence-electron chi connectivity index (χ4n) is 1.51. The third-order valence-electron chi connectivity index (χ3n) is 3.04. The summed E-state index contributed by atoms with van der Waals surface area (Å²) >= 11 is 0. The third kappa shape index (κ3) is 4.49. The van der Waals surface area contributed by atoms with Crippen LogP contribution in [0.5, 0.6) is 0 Å². The maximum atomic E-state index is 11.9. The molecular formula is C13H24N4O. The molecule has 1 heterocycles. The third-order valence-corrected chi connectivity index (χ3v) is 3.04. The molecule has 2 N–H and O–H groups in total. The average Bonchev–Trinajstić information content (AvgIpc) is 2.73. The van der Waals surface area contributed by atoms with Gasteiger partial charge in [0, 0.05) is 18.4 Å². The SMILES string of the molecule is CCNCc1nccn1CC(=O)NC(C)C(C)C. The van der Waals surface area contributed by atoms with Crippen LogP contribution >= 0.6 is 0 Å². The number of hydrogen-bond acceptors (Lipinski definition) is 3. The Balaban J connectivity index is 2.51. The van der Waals surface area contributed by atoms with Gasteiger partial charge in [-0.1, -0.05) is 20.8 Å². The van der Waals surface area contributed by atoms with Crippen molar-refractivity contribution in [3.8, 4) is 0 Å². The molecule has 1 aromatic rings. The van der Waals surface area contributed by atoms with E-state index in [0.717, 1.165) is 12.4 Å². The zero-order chi connectivity index (χ0) is 13.5. The van der Waals surface area contributed by atoms with Crippen LogP contribution in [0.2, 0.25) is 0 Å². The highest BCUT2D eigenvalue weighted by molar-refractivity contribution is 5.76. The lowest BCUT2D eigenvalue weighted by Gasteiger charge is -2.18. The van der Waals surface area contributed by atoms with Crippen molar-refractivity contribution in [3.05, 3.63) is 18.2 Å². The van der Waals surface area contributed by atoms with E-state index in [1.165, 1.54) is 0 Å². The van der Waals surface area contributed by atoms with Gasteiger partial charge in [0.05, 0.1) is 6.54 Å². The zero-order valence-corrected chi connectivity index (χ0v) is 11.7. The fourth-order valence-corrected chi connectivity index (χ4v) is 1.51. The summed E-state index contributed by atoms with van der Waals surface area (Å²) in [5, 5.41) is 6.20. The van der Waals surface area contributed by atoms with Gasteiger partial charge in [-0.15, -0.1) is 0 Å². The van der Waals surface area contributed by atoms with Gasteiger partial charge in [0.1, 0.15) is 12.4 Å². The van der Waals surface area contributed by atoms with Crippen LogP contribution in [0.3, 0.4) is 0 Å². The van der Waals surface area contributed by atoms with Crippen molar-refractivity contribution >= 4 is 5.91 Å². The number of rotatable bonds is 7. The second-order valence-electron chi connectivity index (χ2n) is 4.85. The lowest BCUT2D eigenvalue weighted by Crippen LogP contribution is -2.38. The molecule has 102 valence electrons. The first-order valence-corrected chi connectivity index (χ1v) is 6.54. The number of imidazole rings is 1. The van der Waals surface area contributed by atoms with Gasteiger partial charge in [-0.2, -0.15) is 0 Å². The molecule has 1 unspecified atom stereocenters. The molecule has 0 aliphatic carbocycles. The van der Waals surface area contributed by atoms with Crippen LogP contribution in [0.1, 0.15) is 33.5 Å². The van der Waals surface area contributed by atoms with Gasteiger partial charge in [0.25, 0.3) is 0 Å². The zero-order valence-electron chi connectivity index (χ0n) is 11.7. The molecule has 0 bridgehead atoms. The van der Waals surface area contributed by atoms with E-state index in [4.69, 9.17) is 0 Å². The molecule has 0 saturated heterocycles. The highest BCUT2D eigenvalue weighted by Gasteiger charge is 2.12. The lowest BCUT2D eigenvalue weighted by molar-refractivity contribution is -0.122. The number of nitrogens with zero attached hydrogens (tertiary/aromatic N) is 2. The standard InChI is InChI=1S/C13H24N4O/c1-5-14-8-12-15-6-7-17(12)9-13(18)16-11(4)10(2)3/h6-7,10-11,14H,5,8-9H2,1-4H3,(H,16,18). The Kier molecular flexibility index (Phi) is 5.85. The van der Waals surface area contributed by atoms with Crippen molar-refractivity contribution in [2.75, 3.05) is 6.54 Å². The number of carbonyl (C=O) groups is 1. The Morgan fingerprint density at radius 2 is 2.17 bits per heavy atom. The first-order chi connectivity index (χ1) is 8.54. The van der Waals surface area contributed by atoms with Crippen molar-refractivity contribution in [2.45, 2.75) is 46.8 Å². The Labute approximate surface area is 109 Å². The summed E-state index contributed by atoms with van der Waals surface area (Å²) in [6.45, 7) is 10.2. The van der Waals surface area contributed by atoms with Gasteiger partial charge in [-0.3, -0.25) is 4.79 Å². The van der Waals surface area contributed by atoms with Crippen LogP contribution in [0.4, 0.5) is 0 Å². The molecule has 0 aromatic carbocycles. The highest BCUT2D eigenvalue weighted by Crippen LogP contribution is 2.01. The van der Waals surface area contributed by atoms with E-state index >= 15 is 0 Å². The summed E-state index contributed by atoms with van der Waals surface area (Å²) in [6, 6.07) is 0.193. The van der Waals surface area contributed by atoms with E-state index < -0.39 is 0 Å². The monoisotopic (exact) mass is 252 g/mol. The highest BCUT2D eigenvalue weighted by atomic mass is 16.2. The van der Waals surface area contributed by atoms with E-state index in [-0.39, 0.29) is 11.9 Å². The molecular weight excluding hydrogens is 228 g/mol. The maximum Gasteiger partial charge on any atom is 0.240 e. The Morgan fingerprint density at radius 3 is 2.78 bits per heavy atom. The smallest absolute Gasteiger partial charge is 0.240 e. The van der Waals surface area contributed by atoms with E-state index in [1.54, 1.807) is 6.20 Å². The van der Waals surface area contributed by atoms with Crippen LogP contribution in [-0.4, -0.2) is 28.0 Å². The summed E-state index contributed by atoms with van der Waals surface area (Å²) in [5.41, 5.74) is 0. The van der Waals surface area contributed by atoms with Crippen molar-refractivity contribution in [3.63, 3.8) is 0 Å². The number of nitrogens with one attached hydrogen (secondary N) is 2. The van der Waals surface area contributed by atoms with Crippen LogP contribution in [-0.2, 0) is 17.9 Å². The summed E-state index contributed by atoms with van der Waals surface area (Å²) in [4.78, 5) is 16.1. The van der Waals surface area contributed by atoms with Crippen LogP contribution < -0.4 is 10.6 Å². The second-order valence-corrected chi connectivity index (χ2v) is 4.85. The predicted molar refractivity (Wildman–Crippen MR) is 72.1 cm³/mol. The molecule has 1 amide bonds. The molecule has 0 saturated carbocycles. The molecule has 0 radical (unpaired) electrons. The number of hydrogen-bond donors (Lipinski definition) is 2. The summed E-state index contributed by atoms with van der Waals surface area (Å²) in [6.07, 6.45) is 3.57. The molecule has 5 nitrogen and oxygen atoms in total. The summed E-state index contributed by atoms with van der Waals surface area (Å²) in [5.74, 6) is 1.37. The van der Waals surface area contributed by atoms with Gasteiger partial charge in [-0.05, 0) is 19.4 Å². The van der Waals surface area contributed by atoms with Crippen molar-refractivity contribution in [1.82, 2.24) is 20.2 Å². The maximum absolute atomic E-state index is 11.9. The first kappa shape index (κ1) is 14.7. The van der Waals surface area contributed by atoms with E-state index in [1.807, 2.05) is 24.6 Å². The van der Waals surface area contributed by atoms with Crippen LogP contribution in [0.25, 0.3) is 0 Å². The molecule has 1 rings (SSSR count). The molecule has 18 heavy (non-hydrogen) atoms. The topological polar surface area (TPSA) is 59.0 Å².